The van der Waals surface area contributed by atoms with Gasteiger partial charge in [0.15, 0.2) is 0 Å². The van der Waals surface area contributed by atoms with Crippen molar-refractivity contribution in [2.75, 3.05) is 13.1 Å². The Morgan fingerprint density at radius 3 is 1.12 bits per heavy atom. The molecule has 0 aliphatic heterocycles. The zero-order valence-electron chi connectivity index (χ0n) is 4.00. The van der Waals surface area contributed by atoms with Crippen molar-refractivity contribution in [1.82, 2.24) is 0 Å². The number of halogens is 3. The molecule has 6 heteroatoms. The van der Waals surface area contributed by atoms with E-state index in [2.05, 4.69) is 0 Å². The second kappa shape index (κ2) is 11.3. The van der Waals surface area contributed by atoms with Crippen LogP contribution in [0.15, 0.2) is 0 Å². The molecule has 0 amide bonds. The Morgan fingerprint density at radius 2 is 1.12 bits per heavy atom. The van der Waals surface area contributed by atoms with Gasteiger partial charge >= 0.3 is 42.8 Å². The van der Waals surface area contributed by atoms with Gasteiger partial charge in [0.05, 0.1) is 0 Å². The molecule has 0 aliphatic rings. The molecular weight excluding hydrogens is 355 g/mol. The van der Waals surface area contributed by atoms with Gasteiger partial charge in [-0.15, -0.1) is 0 Å². The molecule has 0 aliphatic carbocycles. The summed E-state index contributed by atoms with van der Waals surface area (Å²) in [4.78, 5) is 0. The average Bonchev–Trinajstić information content (AvgIpc) is 1.65. The molecule has 0 atom stereocenters. The van der Waals surface area contributed by atoms with Crippen LogP contribution in [0.2, 0.25) is 0 Å². The standard InChI is InChI=1S/C2H8N2.Au.3ClH/c3-1-2-4;;;;/h1-4H2;;3*1H/q;+3;;;/p-3. The van der Waals surface area contributed by atoms with E-state index >= 15 is 0 Å². The summed E-state index contributed by atoms with van der Waals surface area (Å²) >= 11 is -1.79. The minimum absolute atomic E-state index is 0.597. The SMILES string of the molecule is NCCN.[Cl][Au]([Cl])[Cl]. The van der Waals surface area contributed by atoms with E-state index in [0.29, 0.717) is 13.1 Å². The Balaban J connectivity index is 0. The van der Waals surface area contributed by atoms with E-state index in [1.54, 1.807) is 0 Å². The van der Waals surface area contributed by atoms with Crippen LogP contribution in [-0.4, -0.2) is 13.1 Å². The first kappa shape index (κ1) is 12.2. The van der Waals surface area contributed by atoms with Crippen LogP contribution < -0.4 is 11.5 Å². The van der Waals surface area contributed by atoms with Crippen LogP contribution in [0.4, 0.5) is 0 Å². The molecule has 0 unspecified atom stereocenters. The molecule has 0 aromatic heterocycles. The van der Waals surface area contributed by atoms with Crippen LogP contribution in [0, 0.1) is 0 Å². The van der Waals surface area contributed by atoms with Crippen molar-refractivity contribution in [3.05, 3.63) is 0 Å². The Hall–Kier alpha value is 1.53. The molecule has 0 bridgehead atoms. The fraction of sp³-hybridized carbons (Fsp3) is 1.00. The summed E-state index contributed by atoms with van der Waals surface area (Å²) in [5.74, 6) is 0. The predicted octanol–water partition coefficient (Wildman–Crippen LogP) is 0.970. The van der Waals surface area contributed by atoms with Crippen LogP contribution in [0.1, 0.15) is 0 Å². The molecule has 0 spiro atoms. The fourth-order valence-electron chi connectivity index (χ4n) is 0. The summed E-state index contributed by atoms with van der Waals surface area (Å²) in [6.07, 6.45) is 0. The van der Waals surface area contributed by atoms with E-state index in [-0.39, 0.29) is 0 Å². The van der Waals surface area contributed by atoms with Crippen LogP contribution in [0.3, 0.4) is 0 Å². The van der Waals surface area contributed by atoms with Crippen LogP contribution in [-0.2, 0) is 15.2 Å². The summed E-state index contributed by atoms with van der Waals surface area (Å²) in [6.45, 7) is 1.19. The van der Waals surface area contributed by atoms with Crippen LogP contribution in [0.25, 0.3) is 0 Å². The first-order chi connectivity index (χ1) is 3.65. The summed E-state index contributed by atoms with van der Waals surface area (Å²) in [5.41, 5.74) is 9.81. The van der Waals surface area contributed by atoms with Crippen LogP contribution in [0.5, 0.6) is 0 Å². The van der Waals surface area contributed by atoms with Gasteiger partial charge in [-0.3, -0.25) is 0 Å². The molecule has 0 aromatic rings. The second-order valence-corrected chi connectivity index (χ2v) is 10.1. The predicted molar refractivity (Wildman–Crippen MR) is 35.7 cm³/mol. The van der Waals surface area contributed by atoms with Crippen molar-refractivity contribution in [2.45, 2.75) is 0 Å². The Bertz CT molecular complexity index is 31.7. The molecule has 2 nitrogen and oxygen atoms in total. The molecule has 0 rings (SSSR count). The second-order valence-electron chi connectivity index (χ2n) is 0.707. The summed E-state index contributed by atoms with van der Waals surface area (Å²) in [6, 6.07) is 0. The van der Waals surface area contributed by atoms with E-state index in [0.717, 1.165) is 0 Å². The van der Waals surface area contributed by atoms with E-state index in [1.807, 2.05) is 0 Å². The zero-order valence-corrected chi connectivity index (χ0v) is 8.44. The molecule has 0 saturated heterocycles. The molecule has 8 heavy (non-hydrogen) atoms. The Kier molecular flexibility index (Phi) is 17.3. The summed E-state index contributed by atoms with van der Waals surface area (Å²) in [5, 5.41) is 0. The van der Waals surface area contributed by atoms with Gasteiger partial charge in [-0.1, -0.05) is 0 Å². The molecule has 0 fully saturated rings. The zero-order chi connectivity index (χ0) is 6.99. The van der Waals surface area contributed by atoms with Gasteiger partial charge in [-0.2, -0.15) is 0 Å². The van der Waals surface area contributed by atoms with Crippen molar-refractivity contribution < 1.29 is 15.2 Å². The maximum atomic E-state index is 4.95. The number of nitrogens with two attached hydrogens (primary N) is 2. The first-order valence-electron chi connectivity index (χ1n) is 1.66. The van der Waals surface area contributed by atoms with Gasteiger partial charge in [0, 0.05) is 13.1 Å². The van der Waals surface area contributed by atoms with E-state index in [1.165, 1.54) is 0 Å². The minimum atomic E-state index is -1.79. The van der Waals surface area contributed by atoms with Crippen molar-refractivity contribution >= 4 is 27.6 Å². The topological polar surface area (TPSA) is 52.0 Å². The van der Waals surface area contributed by atoms with Gasteiger partial charge in [0.2, 0.25) is 0 Å². The van der Waals surface area contributed by atoms with Crippen LogP contribution >= 0.6 is 27.6 Å². The maximum absolute atomic E-state index is 4.95. The quantitative estimate of drug-likeness (QED) is 0.682. The van der Waals surface area contributed by atoms with Crippen molar-refractivity contribution in [2.24, 2.45) is 11.5 Å². The van der Waals surface area contributed by atoms with Gasteiger partial charge in [-0.25, -0.2) is 0 Å². The fourth-order valence-corrected chi connectivity index (χ4v) is 0. The molecule has 0 heterocycles. The molecule has 58 valence electrons. The van der Waals surface area contributed by atoms with Gasteiger partial charge in [-0.05, 0) is 0 Å². The summed E-state index contributed by atoms with van der Waals surface area (Å²) in [7, 11) is 14.9. The normalized spacial score (nSPS) is 9.38. The molecule has 0 aromatic carbocycles. The number of hydrogen-bond acceptors (Lipinski definition) is 2. The van der Waals surface area contributed by atoms with Crippen molar-refractivity contribution in [3.8, 4) is 0 Å². The number of rotatable bonds is 1. The van der Waals surface area contributed by atoms with E-state index in [4.69, 9.17) is 39.0 Å². The Labute approximate surface area is 67.0 Å². The molecule has 0 radical (unpaired) electrons. The van der Waals surface area contributed by atoms with Crippen molar-refractivity contribution in [1.29, 1.82) is 0 Å². The van der Waals surface area contributed by atoms with E-state index < -0.39 is 15.2 Å². The third kappa shape index (κ3) is 50.2. The summed E-state index contributed by atoms with van der Waals surface area (Å²) < 4.78 is 0. The number of hydrogen-bond donors (Lipinski definition) is 2. The Morgan fingerprint density at radius 1 is 1.00 bits per heavy atom. The average molecular weight is 363 g/mol. The molecule has 0 saturated carbocycles. The first-order valence-corrected chi connectivity index (χ1v) is 9.71. The van der Waals surface area contributed by atoms with Gasteiger partial charge < -0.3 is 11.5 Å². The van der Waals surface area contributed by atoms with Gasteiger partial charge in [0.1, 0.15) is 0 Å². The van der Waals surface area contributed by atoms with Crippen molar-refractivity contribution in [3.63, 3.8) is 0 Å². The van der Waals surface area contributed by atoms with E-state index in [9.17, 15) is 0 Å². The third-order valence-corrected chi connectivity index (χ3v) is 0.167. The molecular formula is C2H8AuCl3N2. The third-order valence-electron chi connectivity index (χ3n) is 0.167. The van der Waals surface area contributed by atoms with Gasteiger partial charge in [0.25, 0.3) is 0 Å². The molecule has 4 N–H and O–H groups in total. The monoisotopic (exact) mass is 362 g/mol.